The van der Waals surface area contributed by atoms with Gasteiger partial charge in [-0.2, -0.15) is 0 Å². The van der Waals surface area contributed by atoms with E-state index in [9.17, 15) is 29.4 Å². The van der Waals surface area contributed by atoms with Crippen LogP contribution in [0.3, 0.4) is 0 Å². The molecule has 0 aliphatic carbocycles. The summed E-state index contributed by atoms with van der Waals surface area (Å²) in [7, 11) is 0. The number of aryl methyl sites for hydroxylation is 1. The van der Waals surface area contributed by atoms with Gasteiger partial charge < -0.3 is 20.0 Å². The fraction of sp³-hybridized carbons (Fsp3) is 0.455. The second-order valence-electron chi connectivity index (χ2n) is 11.7. The molecule has 2 amide bonds. The zero-order valence-corrected chi connectivity index (χ0v) is 24.9. The van der Waals surface area contributed by atoms with Gasteiger partial charge in [0.15, 0.2) is 0 Å². The van der Waals surface area contributed by atoms with E-state index >= 15 is 0 Å². The van der Waals surface area contributed by atoms with Crippen LogP contribution in [0.5, 0.6) is 0 Å². The van der Waals surface area contributed by atoms with Crippen molar-refractivity contribution < 1.29 is 19.8 Å². The summed E-state index contributed by atoms with van der Waals surface area (Å²) in [6, 6.07) is 13.7. The summed E-state index contributed by atoms with van der Waals surface area (Å²) in [5.41, 5.74) is 4.01. The molecule has 2 aromatic carbocycles. The van der Waals surface area contributed by atoms with E-state index in [0.717, 1.165) is 27.7 Å². The number of carbonyl (C=O) groups excluding carboxylic acids is 2. The SMILES string of the molecule is Cc1cccc(-c2cn(CC(=O)N3CCC(N4CCc5ccccc5CC4=O)CC3)c(=O)n(CCC(O)CO)c2=O)c1C. The number of hydrogen-bond acceptors (Lipinski definition) is 6. The fourth-order valence-corrected chi connectivity index (χ4v) is 6.22. The average Bonchev–Trinajstić information content (AvgIpc) is 3.18. The molecule has 1 saturated heterocycles. The van der Waals surface area contributed by atoms with Crippen LogP contribution < -0.4 is 11.2 Å². The lowest BCUT2D eigenvalue weighted by Crippen LogP contribution is -2.50. The highest BCUT2D eigenvalue weighted by atomic mass is 16.3. The van der Waals surface area contributed by atoms with E-state index in [1.165, 1.54) is 16.3 Å². The quantitative estimate of drug-likeness (QED) is 0.413. The molecule has 1 atom stereocenters. The van der Waals surface area contributed by atoms with Crippen LogP contribution in [0.4, 0.5) is 0 Å². The summed E-state index contributed by atoms with van der Waals surface area (Å²) in [5.74, 6) is -0.114. The van der Waals surface area contributed by atoms with Gasteiger partial charge in [0, 0.05) is 38.4 Å². The van der Waals surface area contributed by atoms with E-state index < -0.39 is 24.0 Å². The van der Waals surface area contributed by atoms with Gasteiger partial charge in [-0.1, -0.05) is 42.5 Å². The molecule has 3 aromatic rings. The third-order valence-electron chi connectivity index (χ3n) is 8.99. The Morgan fingerprint density at radius 1 is 0.953 bits per heavy atom. The monoisotopic (exact) mass is 588 g/mol. The molecule has 1 unspecified atom stereocenters. The summed E-state index contributed by atoms with van der Waals surface area (Å²) >= 11 is 0. The lowest BCUT2D eigenvalue weighted by molar-refractivity contribution is -0.136. The van der Waals surface area contributed by atoms with Crippen molar-refractivity contribution in [2.24, 2.45) is 0 Å². The van der Waals surface area contributed by atoms with Gasteiger partial charge >= 0.3 is 5.69 Å². The first-order valence-electron chi connectivity index (χ1n) is 15.0. The van der Waals surface area contributed by atoms with Crippen molar-refractivity contribution in [1.82, 2.24) is 18.9 Å². The largest absolute Gasteiger partial charge is 0.394 e. The number of piperidine rings is 1. The number of hydrogen-bond donors (Lipinski definition) is 2. The predicted octanol–water partition coefficient (Wildman–Crippen LogP) is 1.66. The minimum atomic E-state index is -1.07. The number of benzene rings is 2. The van der Waals surface area contributed by atoms with Crippen LogP contribution in [-0.4, -0.2) is 79.3 Å². The highest BCUT2D eigenvalue weighted by Crippen LogP contribution is 2.24. The molecule has 2 N–H and O–H groups in total. The maximum atomic E-state index is 13.5. The minimum absolute atomic E-state index is 0.0175. The lowest BCUT2D eigenvalue weighted by Gasteiger charge is -2.38. The number of aromatic nitrogens is 2. The summed E-state index contributed by atoms with van der Waals surface area (Å²) in [5, 5.41) is 19.1. The molecule has 0 spiro atoms. The van der Waals surface area contributed by atoms with Crippen LogP contribution in [0.25, 0.3) is 11.1 Å². The zero-order valence-electron chi connectivity index (χ0n) is 24.9. The number of aliphatic hydroxyl groups excluding tert-OH is 2. The van der Waals surface area contributed by atoms with E-state index in [-0.39, 0.29) is 37.4 Å². The van der Waals surface area contributed by atoms with E-state index in [4.69, 9.17) is 0 Å². The molecule has 0 bridgehead atoms. The van der Waals surface area contributed by atoms with Gasteiger partial charge in [-0.15, -0.1) is 0 Å². The maximum absolute atomic E-state index is 13.5. The first-order chi connectivity index (χ1) is 20.7. The van der Waals surface area contributed by atoms with Crippen molar-refractivity contribution >= 4 is 11.8 Å². The smallest absolute Gasteiger partial charge is 0.331 e. The van der Waals surface area contributed by atoms with Gasteiger partial charge in [-0.05, 0) is 67.3 Å². The molecule has 10 nitrogen and oxygen atoms in total. The van der Waals surface area contributed by atoms with Gasteiger partial charge in [0.1, 0.15) is 6.54 Å². The Balaban J connectivity index is 1.33. The van der Waals surface area contributed by atoms with Crippen LogP contribution in [0, 0.1) is 13.8 Å². The Morgan fingerprint density at radius 3 is 2.40 bits per heavy atom. The molecule has 5 rings (SSSR count). The molecule has 1 fully saturated rings. The zero-order chi connectivity index (χ0) is 30.7. The van der Waals surface area contributed by atoms with E-state index in [1.807, 2.05) is 55.1 Å². The normalized spacial score (nSPS) is 16.6. The van der Waals surface area contributed by atoms with E-state index in [1.54, 1.807) is 4.90 Å². The Morgan fingerprint density at radius 2 is 1.67 bits per heavy atom. The van der Waals surface area contributed by atoms with Gasteiger partial charge in [0.25, 0.3) is 5.56 Å². The maximum Gasteiger partial charge on any atom is 0.331 e. The second kappa shape index (κ2) is 13.1. The average molecular weight is 589 g/mol. The molecule has 1 aromatic heterocycles. The number of fused-ring (bicyclic) bond motifs is 1. The standard InChI is InChI=1S/C33H40N4O6/c1-22-6-5-9-28(23(22)2)29-19-35(33(43)37(32(29)42)17-13-27(39)21-38)20-31(41)34-14-11-26(12-15-34)36-16-10-24-7-3-4-8-25(24)18-30(36)40/h3-9,19,26-27,38-39H,10-18,20-21H2,1-2H3. The highest BCUT2D eigenvalue weighted by molar-refractivity contribution is 5.80. The summed E-state index contributed by atoms with van der Waals surface area (Å²) in [4.78, 5) is 57.2. The fourth-order valence-electron chi connectivity index (χ4n) is 6.22. The minimum Gasteiger partial charge on any atom is -0.394 e. The van der Waals surface area contributed by atoms with Crippen LogP contribution >= 0.6 is 0 Å². The predicted molar refractivity (Wildman–Crippen MR) is 163 cm³/mol. The first kappa shape index (κ1) is 30.4. The molecular formula is C33H40N4O6. The molecule has 2 aliphatic rings. The first-order valence-corrected chi connectivity index (χ1v) is 15.0. The van der Waals surface area contributed by atoms with Crippen LogP contribution in [0.1, 0.15) is 41.5 Å². The third kappa shape index (κ3) is 6.50. The number of nitrogens with zero attached hydrogens (tertiary/aromatic N) is 4. The van der Waals surface area contributed by atoms with Crippen molar-refractivity contribution in [3.05, 3.63) is 91.8 Å². The van der Waals surface area contributed by atoms with Crippen molar-refractivity contribution in [1.29, 1.82) is 0 Å². The summed E-state index contributed by atoms with van der Waals surface area (Å²) in [6.45, 7) is 4.65. The van der Waals surface area contributed by atoms with E-state index in [2.05, 4.69) is 6.07 Å². The van der Waals surface area contributed by atoms with Gasteiger partial charge in [-0.3, -0.25) is 23.5 Å². The van der Waals surface area contributed by atoms with Crippen molar-refractivity contribution in [2.45, 2.75) is 71.2 Å². The van der Waals surface area contributed by atoms with Crippen LogP contribution in [0.15, 0.2) is 58.3 Å². The summed E-state index contributed by atoms with van der Waals surface area (Å²) < 4.78 is 2.31. The molecule has 3 heterocycles. The number of likely N-dealkylation sites (tertiary alicyclic amines) is 1. The Hall–Kier alpha value is -4.02. The van der Waals surface area contributed by atoms with Gasteiger partial charge in [0.05, 0.1) is 24.7 Å². The van der Waals surface area contributed by atoms with Crippen molar-refractivity contribution in [2.75, 3.05) is 26.2 Å². The van der Waals surface area contributed by atoms with Crippen molar-refractivity contribution in [3.8, 4) is 11.1 Å². The third-order valence-corrected chi connectivity index (χ3v) is 8.99. The molecule has 0 radical (unpaired) electrons. The van der Waals surface area contributed by atoms with Crippen LogP contribution in [0.2, 0.25) is 0 Å². The number of aliphatic hydroxyl groups is 2. The van der Waals surface area contributed by atoms with Gasteiger partial charge in [-0.25, -0.2) is 4.79 Å². The van der Waals surface area contributed by atoms with Gasteiger partial charge in [0.2, 0.25) is 11.8 Å². The molecule has 43 heavy (non-hydrogen) atoms. The Bertz CT molecular complexity index is 1620. The number of carbonyl (C=O) groups is 2. The lowest BCUT2D eigenvalue weighted by atomic mass is 9.99. The Labute approximate surface area is 250 Å². The molecule has 2 aliphatic heterocycles. The summed E-state index contributed by atoms with van der Waals surface area (Å²) in [6.07, 6.45) is 2.94. The topological polar surface area (TPSA) is 125 Å². The molecule has 10 heteroatoms. The number of rotatable bonds is 8. The van der Waals surface area contributed by atoms with Crippen LogP contribution in [-0.2, 0) is 35.5 Å². The Kier molecular flexibility index (Phi) is 9.27. The van der Waals surface area contributed by atoms with Crippen molar-refractivity contribution in [3.63, 3.8) is 0 Å². The van der Waals surface area contributed by atoms with E-state index in [0.29, 0.717) is 50.0 Å². The highest BCUT2D eigenvalue weighted by Gasteiger charge is 2.31. The second-order valence-corrected chi connectivity index (χ2v) is 11.7. The number of amides is 2. The molecule has 228 valence electrons. The molecular weight excluding hydrogens is 548 g/mol. The molecule has 0 saturated carbocycles.